The first-order valence-corrected chi connectivity index (χ1v) is 11.5. The number of thioether (sulfide) groups is 1. The Labute approximate surface area is 174 Å². The molecule has 0 saturated heterocycles. The van der Waals surface area contributed by atoms with Crippen molar-refractivity contribution in [2.24, 2.45) is 0 Å². The Kier molecular flexibility index (Phi) is 6.78. The lowest BCUT2D eigenvalue weighted by Gasteiger charge is -2.21. The molecule has 7 heteroatoms. The predicted octanol–water partition coefficient (Wildman–Crippen LogP) is 4.04. The highest BCUT2D eigenvalue weighted by atomic mass is 32.2. The lowest BCUT2D eigenvalue weighted by atomic mass is 9.97. The van der Waals surface area contributed by atoms with Gasteiger partial charge < -0.3 is 4.90 Å². The molecule has 0 radical (unpaired) electrons. The van der Waals surface area contributed by atoms with Crippen LogP contribution in [0.25, 0.3) is 10.2 Å². The van der Waals surface area contributed by atoms with E-state index in [0.717, 1.165) is 35.1 Å². The van der Waals surface area contributed by atoms with Crippen molar-refractivity contribution in [2.45, 2.75) is 51.2 Å². The molecule has 5 nitrogen and oxygen atoms in total. The number of amides is 1. The number of carbonyl (C=O) groups excluding carboxylic acids is 1. The third-order valence-electron chi connectivity index (χ3n) is 4.87. The fourth-order valence-electron chi connectivity index (χ4n) is 3.54. The zero-order valence-electron chi connectivity index (χ0n) is 16.6. The monoisotopic (exact) mass is 417 g/mol. The van der Waals surface area contributed by atoms with Crippen LogP contribution in [0.1, 0.15) is 37.1 Å². The molecular weight excluding hydrogens is 390 g/mol. The highest BCUT2D eigenvalue weighted by molar-refractivity contribution is 7.99. The summed E-state index contributed by atoms with van der Waals surface area (Å²) >= 11 is 2.97. The first kappa shape index (κ1) is 20.9. The van der Waals surface area contributed by atoms with Gasteiger partial charge in [-0.05, 0) is 45.1 Å². The molecule has 3 rings (SSSR count). The van der Waals surface area contributed by atoms with Crippen LogP contribution in [0.3, 0.4) is 0 Å². The van der Waals surface area contributed by atoms with Gasteiger partial charge in [-0.3, -0.25) is 14.2 Å². The number of thiophene rings is 1. The van der Waals surface area contributed by atoms with E-state index in [9.17, 15) is 9.59 Å². The van der Waals surface area contributed by atoms with Gasteiger partial charge in [-0.2, -0.15) is 0 Å². The average Bonchev–Trinajstić information content (AvgIpc) is 3.05. The Morgan fingerprint density at radius 2 is 2.14 bits per heavy atom. The summed E-state index contributed by atoms with van der Waals surface area (Å²) in [5.74, 6) is 0.280. The minimum Gasteiger partial charge on any atom is -0.338 e. The van der Waals surface area contributed by atoms with Gasteiger partial charge in [0.05, 0.1) is 11.1 Å². The van der Waals surface area contributed by atoms with E-state index in [4.69, 9.17) is 4.98 Å². The molecule has 0 aliphatic heterocycles. The second-order valence-electron chi connectivity index (χ2n) is 7.14. The Morgan fingerprint density at radius 1 is 1.39 bits per heavy atom. The maximum atomic E-state index is 13.2. The minimum absolute atomic E-state index is 0.00599. The van der Waals surface area contributed by atoms with Crippen molar-refractivity contribution in [3.8, 4) is 0 Å². The summed E-state index contributed by atoms with van der Waals surface area (Å²) in [5, 5.41) is 1.37. The van der Waals surface area contributed by atoms with Crippen molar-refractivity contribution in [3.63, 3.8) is 0 Å². The number of carbonyl (C=O) groups is 1. The molecule has 2 aromatic rings. The van der Waals surface area contributed by atoms with Gasteiger partial charge >= 0.3 is 0 Å². The molecule has 28 heavy (non-hydrogen) atoms. The van der Waals surface area contributed by atoms with Gasteiger partial charge in [-0.1, -0.05) is 30.0 Å². The van der Waals surface area contributed by atoms with Crippen molar-refractivity contribution in [1.82, 2.24) is 14.5 Å². The van der Waals surface area contributed by atoms with E-state index in [2.05, 4.69) is 13.2 Å². The normalized spacial score (nSPS) is 13.4. The smallest absolute Gasteiger partial charge is 0.263 e. The lowest BCUT2D eigenvalue weighted by molar-refractivity contribution is -0.127. The molecule has 1 aliphatic carbocycles. The number of allylic oxidation sites excluding steroid dienone is 1. The molecule has 0 saturated carbocycles. The molecule has 0 fully saturated rings. The molecule has 0 spiro atoms. The van der Waals surface area contributed by atoms with Crippen LogP contribution in [0.5, 0.6) is 0 Å². The topological polar surface area (TPSA) is 55.2 Å². The average molecular weight is 418 g/mol. The zero-order valence-corrected chi connectivity index (χ0v) is 18.3. The third kappa shape index (κ3) is 4.25. The van der Waals surface area contributed by atoms with Crippen LogP contribution < -0.4 is 5.56 Å². The molecule has 0 N–H and O–H groups in total. The Balaban J connectivity index is 1.93. The van der Waals surface area contributed by atoms with E-state index in [0.29, 0.717) is 24.8 Å². The van der Waals surface area contributed by atoms with Gasteiger partial charge in [-0.25, -0.2) is 4.98 Å². The van der Waals surface area contributed by atoms with Crippen LogP contribution in [0.2, 0.25) is 0 Å². The molecule has 1 amide bonds. The second kappa shape index (κ2) is 9.09. The van der Waals surface area contributed by atoms with Crippen LogP contribution in [0.15, 0.2) is 34.8 Å². The van der Waals surface area contributed by atoms with Gasteiger partial charge in [0.25, 0.3) is 5.56 Å². The number of aromatic nitrogens is 2. The van der Waals surface area contributed by atoms with Crippen molar-refractivity contribution in [2.75, 3.05) is 18.8 Å². The molecule has 0 unspecified atom stereocenters. The van der Waals surface area contributed by atoms with Crippen LogP contribution >= 0.6 is 23.1 Å². The largest absolute Gasteiger partial charge is 0.338 e. The molecule has 1 aliphatic rings. The van der Waals surface area contributed by atoms with Gasteiger partial charge in [0.2, 0.25) is 5.91 Å². The first-order chi connectivity index (χ1) is 13.5. The van der Waals surface area contributed by atoms with Crippen molar-refractivity contribution < 1.29 is 4.79 Å². The van der Waals surface area contributed by atoms with Crippen molar-refractivity contribution in [3.05, 3.63) is 45.6 Å². The van der Waals surface area contributed by atoms with Crippen molar-refractivity contribution >= 4 is 39.2 Å². The van der Waals surface area contributed by atoms with E-state index in [-0.39, 0.29) is 17.2 Å². The maximum Gasteiger partial charge on any atom is 0.263 e. The van der Waals surface area contributed by atoms with E-state index in [1.165, 1.54) is 28.6 Å². The highest BCUT2D eigenvalue weighted by Crippen LogP contribution is 2.34. The molecule has 2 heterocycles. The summed E-state index contributed by atoms with van der Waals surface area (Å²) in [5.41, 5.74) is 2.13. The molecule has 0 atom stereocenters. The lowest BCUT2D eigenvalue weighted by Crippen LogP contribution is -2.33. The molecule has 2 aromatic heterocycles. The Hall–Kier alpha value is -1.86. The summed E-state index contributed by atoms with van der Waals surface area (Å²) in [6.07, 6.45) is 5.99. The minimum atomic E-state index is -0.00599. The predicted molar refractivity (Wildman–Crippen MR) is 119 cm³/mol. The zero-order chi connectivity index (χ0) is 20.3. The fraction of sp³-hybridized carbons (Fsp3) is 0.476. The second-order valence-corrected chi connectivity index (χ2v) is 9.17. The van der Waals surface area contributed by atoms with Gasteiger partial charge in [-0.15, -0.1) is 17.9 Å². The molecule has 150 valence electrons. The number of hydrogen-bond acceptors (Lipinski definition) is 5. The summed E-state index contributed by atoms with van der Waals surface area (Å²) in [7, 11) is 0. The van der Waals surface area contributed by atoms with E-state index in [1.807, 2.05) is 13.8 Å². The molecule has 0 bridgehead atoms. The summed E-state index contributed by atoms with van der Waals surface area (Å²) in [6, 6.07) is 0. The number of aryl methyl sites for hydroxylation is 2. The van der Waals surface area contributed by atoms with Crippen LogP contribution in [0.4, 0.5) is 0 Å². The first-order valence-electron chi connectivity index (χ1n) is 9.67. The summed E-state index contributed by atoms with van der Waals surface area (Å²) < 4.78 is 1.66. The fourth-order valence-corrected chi connectivity index (χ4v) is 5.75. The van der Waals surface area contributed by atoms with Crippen molar-refractivity contribution in [1.29, 1.82) is 0 Å². The number of rotatable bonds is 8. The Bertz CT molecular complexity index is 974. The van der Waals surface area contributed by atoms with Gasteiger partial charge in [0.1, 0.15) is 4.83 Å². The van der Waals surface area contributed by atoms with Gasteiger partial charge in [0.15, 0.2) is 5.16 Å². The Morgan fingerprint density at radius 3 is 2.82 bits per heavy atom. The van der Waals surface area contributed by atoms with E-state index in [1.54, 1.807) is 26.9 Å². The van der Waals surface area contributed by atoms with Crippen LogP contribution in [-0.4, -0.2) is 39.2 Å². The maximum absolute atomic E-state index is 13.2. The van der Waals surface area contributed by atoms with Crippen LogP contribution in [0, 0.1) is 0 Å². The standard InChI is InChI=1S/C21H27N3O2S2/c1-5-11-24-20(26)18-15-9-7-8-10-16(15)28-19(18)22-21(24)27-13-17(25)23(6-2)12-14(3)4/h5H,1,3,6-13H2,2,4H3. The molecule has 0 aromatic carbocycles. The van der Waals surface area contributed by atoms with E-state index < -0.39 is 0 Å². The van der Waals surface area contributed by atoms with Gasteiger partial charge in [0, 0.05) is 24.5 Å². The number of nitrogens with zero attached hydrogens (tertiary/aromatic N) is 3. The number of fused-ring (bicyclic) bond motifs is 3. The molecular formula is C21H27N3O2S2. The van der Waals surface area contributed by atoms with Crippen LogP contribution in [-0.2, 0) is 24.2 Å². The highest BCUT2D eigenvalue weighted by Gasteiger charge is 2.22. The van der Waals surface area contributed by atoms with E-state index >= 15 is 0 Å². The number of likely N-dealkylation sites (N-methyl/N-ethyl adjacent to an activating group) is 1. The summed E-state index contributed by atoms with van der Waals surface area (Å²) in [4.78, 5) is 34.5. The quantitative estimate of drug-likeness (QED) is 0.370. The third-order valence-corrected chi connectivity index (χ3v) is 7.02. The summed E-state index contributed by atoms with van der Waals surface area (Å²) in [6.45, 7) is 13.1. The number of hydrogen-bond donors (Lipinski definition) is 0. The SMILES string of the molecule is C=CCn1c(SCC(=O)N(CC)CC(=C)C)nc2sc3c(c2c1=O)CCCC3.